The number of nitrogens with zero attached hydrogens (tertiary/aromatic N) is 1. The van der Waals surface area contributed by atoms with Crippen molar-refractivity contribution in [3.63, 3.8) is 0 Å². The maximum atomic E-state index is 10.3. The second-order valence-electron chi connectivity index (χ2n) is 6.40. The van der Waals surface area contributed by atoms with E-state index in [4.69, 9.17) is 4.74 Å². The summed E-state index contributed by atoms with van der Waals surface area (Å²) in [7, 11) is 0. The van der Waals surface area contributed by atoms with E-state index in [9.17, 15) is 5.11 Å². The Balaban J connectivity index is 1.74. The lowest BCUT2D eigenvalue weighted by Gasteiger charge is -2.37. The molecule has 2 rings (SSSR count). The Morgan fingerprint density at radius 1 is 1.53 bits per heavy atom. The normalized spacial score (nSPS) is 34.6. The Morgan fingerprint density at radius 2 is 2.37 bits per heavy atom. The van der Waals surface area contributed by atoms with Crippen LogP contribution in [0.3, 0.4) is 0 Å². The molecule has 0 aromatic carbocycles. The molecule has 19 heavy (non-hydrogen) atoms. The monoisotopic (exact) mass is 270 g/mol. The summed E-state index contributed by atoms with van der Waals surface area (Å²) < 4.78 is 5.29. The van der Waals surface area contributed by atoms with Crippen molar-refractivity contribution >= 4 is 0 Å². The molecule has 0 bridgehead atoms. The summed E-state index contributed by atoms with van der Waals surface area (Å²) in [5, 5.41) is 13.8. The van der Waals surface area contributed by atoms with E-state index >= 15 is 0 Å². The van der Waals surface area contributed by atoms with Gasteiger partial charge in [0.25, 0.3) is 0 Å². The van der Waals surface area contributed by atoms with Gasteiger partial charge in [0, 0.05) is 32.2 Å². The summed E-state index contributed by atoms with van der Waals surface area (Å²) in [5.74, 6) is 0.714. The molecule has 0 aromatic heterocycles. The number of aliphatic hydroxyl groups is 1. The summed E-state index contributed by atoms with van der Waals surface area (Å²) in [4.78, 5) is 2.58. The third-order valence-electron chi connectivity index (χ3n) is 4.62. The third-order valence-corrected chi connectivity index (χ3v) is 4.62. The fraction of sp³-hybridized carbons (Fsp3) is 1.00. The molecule has 3 unspecified atom stereocenters. The Hall–Kier alpha value is -0.160. The van der Waals surface area contributed by atoms with Crippen LogP contribution >= 0.6 is 0 Å². The molecule has 2 aliphatic heterocycles. The van der Waals surface area contributed by atoms with Gasteiger partial charge >= 0.3 is 0 Å². The number of hydrogen-bond acceptors (Lipinski definition) is 4. The second kappa shape index (κ2) is 7.02. The SMILES string of the molecule is CCCN1CCCC(C(C)NCC2(O)CCOC2)C1. The van der Waals surface area contributed by atoms with Gasteiger partial charge in [-0.25, -0.2) is 0 Å². The van der Waals surface area contributed by atoms with Crippen LogP contribution in [0, 0.1) is 5.92 Å². The lowest BCUT2D eigenvalue weighted by molar-refractivity contribution is 0.0218. The van der Waals surface area contributed by atoms with Crippen molar-refractivity contribution in [3.8, 4) is 0 Å². The predicted molar refractivity (Wildman–Crippen MR) is 77.3 cm³/mol. The molecule has 2 fully saturated rings. The molecule has 2 aliphatic rings. The molecule has 0 spiro atoms. The van der Waals surface area contributed by atoms with Crippen molar-refractivity contribution in [2.75, 3.05) is 39.4 Å². The van der Waals surface area contributed by atoms with Crippen LogP contribution in [0.1, 0.15) is 39.5 Å². The second-order valence-corrected chi connectivity index (χ2v) is 6.40. The van der Waals surface area contributed by atoms with E-state index in [1.807, 2.05) is 0 Å². The minimum absolute atomic E-state index is 0.476. The van der Waals surface area contributed by atoms with Crippen LogP contribution in [-0.4, -0.2) is 61.0 Å². The Labute approximate surface area is 117 Å². The molecule has 4 nitrogen and oxygen atoms in total. The molecule has 3 atom stereocenters. The molecule has 0 amide bonds. The Bertz CT molecular complexity index is 265. The van der Waals surface area contributed by atoms with E-state index in [0.29, 0.717) is 31.7 Å². The number of piperidine rings is 1. The molecule has 0 aromatic rings. The zero-order chi connectivity index (χ0) is 13.7. The van der Waals surface area contributed by atoms with Crippen LogP contribution in [0.2, 0.25) is 0 Å². The maximum Gasteiger partial charge on any atom is 0.102 e. The first-order valence-electron chi connectivity index (χ1n) is 7.89. The smallest absolute Gasteiger partial charge is 0.102 e. The van der Waals surface area contributed by atoms with Crippen LogP contribution in [0.4, 0.5) is 0 Å². The van der Waals surface area contributed by atoms with Crippen molar-refractivity contribution in [2.24, 2.45) is 5.92 Å². The molecule has 4 heteroatoms. The lowest BCUT2D eigenvalue weighted by Crippen LogP contribution is -2.49. The zero-order valence-corrected chi connectivity index (χ0v) is 12.5. The van der Waals surface area contributed by atoms with Crippen molar-refractivity contribution in [2.45, 2.75) is 51.2 Å². The first kappa shape index (κ1) is 15.2. The van der Waals surface area contributed by atoms with Crippen molar-refractivity contribution in [1.29, 1.82) is 0 Å². The minimum atomic E-state index is -0.633. The number of rotatable bonds is 6. The summed E-state index contributed by atoms with van der Waals surface area (Å²) >= 11 is 0. The summed E-state index contributed by atoms with van der Waals surface area (Å²) in [6, 6.07) is 0.476. The van der Waals surface area contributed by atoms with E-state index in [2.05, 4.69) is 24.1 Å². The highest BCUT2D eigenvalue weighted by molar-refractivity contribution is 4.88. The zero-order valence-electron chi connectivity index (χ0n) is 12.5. The highest BCUT2D eigenvalue weighted by atomic mass is 16.5. The predicted octanol–water partition coefficient (Wildman–Crippen LogP) is 1.24. The Kier molecular flexibility index (Phi) is 5.63. The topological polar surface area (TPSA) is 44.7 Å². The molecule has 2 heterocycles. The van der Waals surface area contributed by atoms with Gasteiger partial charge in [-0.1, -0.05) is 6.92 Å². The van der Waals surface area contributed by atoms with Crippen LogP contribution < -0.4 is 5.32 Å². The van der Waals surface area contributed by atoms with Crippen LogP contribution in [-0.2, 0) is 4.74 Å². The van der Waals surface area contributed by atoms with E-state index < -0.39 is 5.60 Å². The number of nitrogens with one attached hydrogen (secondary N) is 1. The van der Waals surface area contributed by atoms with E-state index in [-0.39, 0.29) is 0 Å². The van der Waals surface area contributed by atoms with E-state index in [0.717, 1.165) is 6.42 Å². The van der Waals surface area contributed by atoms with Gasteiger partial charge in [0.2, 0.25) is 0 Å². The largest absolute Gasteiger partial charge is 0.386 e. The number of ether oxygens (including phenoxy) is 1. The third kappa shape index (κ3) is 4.42. The van der Waals surface area contributed by atoms with E-state index in [1.165, 1.54) is 38.9 Å². The average molecular weight is 270 g/mol. The van der Waals surface area contributed by atoms with Crippen molar-refractivity contribution < 1.29 is 9.84 Å². The molecular weight excluding hydrogens is 240 g/mol. The minimum Gasteiger partial charge on any atom is -0.386 e. The first-order chi connectivity index (χ1) is 9.13. The molecule has 0 aliphatic carbocycles. The molecule has 2 N–H and O–H groups in total. The number of hydrogen-bond donors (Lipinski definition) is 2. The first-order valence-corrected chi connectivity index (χ1v) is 7.89. The fourth-order valence-corrected chi connectivity index (χ4v) is 3.27. The summed E-state index contributed by atoms with van der Waals surface area (Å²) in [5.41, 5.74) is -0.633. The fourth-order valence-electron chi connectivity index (χ4n) is 3.27. The van der Waals surface area contributed by atoms with Gasteiger partial charge in [-0.2, -0.15) is 0 Å². The van der Waals surface area contributed by atoms with Gasteiger partial charge in [0.1, 0.15) is 5.60 Å². The molecule has 112 valence electrons. The summed E-state index contributed by atoms with van der Waals surface area (Å²) in [6.07, 6.45) is 4.62. The molecular formula is C15H30N2O2. The van der Waals surface area contributed by atoms with Crippen LogP contribution in [0.5, 0.6) is 0 Å². The van der Waals surface area contributed by atoms with Gasteiger partial charge in [-0.05, 0) is 45.2 Å². The van der Waals surface area contributed by atoms with Crippen molar-refractivity contribution in [3.05, 3.63) is 0 Å². The maximum absolute atomic E-state index is 10.3. The average Bonchev–Trinajstić information content (AvgIpc) is 2.84. The number of likely N-dealkylation sites (tertiary alicyclic amines) is 1. The quantitative estimate of drug-likeness (QED) is 0.762. The lowest BCUT2D eigenvalue weighted by atomic mass is 9.91. The molecule has 0 saturated carbocycles. The van der Waals surface area contributed by atoms with Gasteiger partial charge < -0.3 is 20.1 Å². The standard InChI is InChI=1S/C15H30N2O2/c1-3-7-17-8-4-5-14(10-17)13(2)16-11-15(18)6-9-19-12-15/h13-14,16,18H,3-12H2,1-2H3. The molecule has 2 saturated heterocycles. The van der Waals surface area contributed by atoms with Gasteiger partial charge in [-0.15, -0.1) is 0 Å². The summed E-state index contributed by atoms with van der Waals surface area (Å²) in [6.45, 7) is 10.0. The van der Waals surface area contributed by atoms with Gasteiger partial charge in [0.15, 0.2) is 0 Å². The Morgan fingerprint density at radius 3 is 3.05 bits per heavy atom. The molecule has 0 radical (unpaired) electrons. The van der Waals surface area contributed by atoms with Crippen LogP contribution in [0.25, 0.3) is 0 Å². The highest BCUT2D eigenvalue weighted by Gasteiger charge is 2.33. The van der Waals surface area contributed by atoms with Gasteiger partial charge in [-0.3, -0.25) is 0 Å². The van der Waals surface area contributed by atoms with Crippen molar-refractivity contribution in [1.82, 2.24) is 10.2 Å². The highest BCUT2D eigenvalue weighted by Crippen LogP contribution is 2.22. The van der Waals surface area contributed by atoms with Crippen LogP contribution in [0.15, 0.2) is 0 Å². The van der Waals surface area contributed by atoms with Gasteiger partial charge in [0.05, 0.1) is 6.61 Å². The van der Waals surface area contributed by atoms with E-state index in [1.54, 1.807) is 0 Å².